The molecule has 2 saturated carbocycles. The van der Waals surface area contributed by atoms with Gasteiger partial charge in [-0.3, -0.25) is 9.59 Å². The lowest BCUT2D eigenvalue weighted by Crippen LogP contribution is -2.61. The maximum absolute atomic E-state index is 14.0. The molecule has 1 N–H and O–H groups in total. The molecule has 2 bridgehead atoms. The van der Waals surface area contributed by atoms with E-state index in [1.54, 1.807) is 23.1 Å². The van der Waals surface area contributed by atoms with Crippen LogP contribution in [-0.2, 0) is 36.0 Å². The highest BCUT2D eigenvalue weighted by molar-refractivity contribution is 7.92. The fourth-order valence-electron chi connectivity index (χ4n) is 7.64. The van der Waals surface area contributed by atoms with Crippen LogP contribution in [0.1, 0.15) is 48.5 Å². The second-order valence-corrected chi connectivity index (χ2v) is 15.5. The molecule has 2 saturated heterocycles. The number of amides is 1. The van der Waals surface area contributed by atoms with Crippen LogP contribution in [0.15, 0.2) is 51.8 Å². The van der Waals surface area contributed by atoms with E-state index in [0.717, 1.165) is 24.8 Å². The van der Waals surface area contributed by atoms with Crippen molar-refractivity contribution in [2.45, 2.75) is 54.8 Å². The number of nitrogens with one attached hydrogen (secondary N) is 1. The zero-order valence-corrected chi connectivity index (χ0v) is 23.1. The molecule has 5 aliphatic rings. The number of halogens is 1. The van der Waals surface area contributed by atoms with Crippen molar-refractivity contribution in [3.8, 4) is 0 Å². The van der Waals surface area contributed by atoms with Crippen LogP contribution in [-0.4, -0.2) is 51.1 Å². The molecule has 2 aliphatic carbocycles. The third-order valence-electron chi connectivity index (χ3n) is 9.38. The lowest BCUT2D eigenvalue weighted by atomic mass is 9.73. The number of fused-ring (bicyclic) bond motifs is 6. The van der Waals surface area contributed by atoms with E-state index in [9.17, 15) is 30.8 Å². The number of benzene rings is 2. The number of anilines is 1. The highest BCUT2D eigenvalue weighted by Crippen LogP contribution is 2.54. The third-order valence-corrected chi connectivity index (χ3v) is 12.9. The lowest BCUT2D eigenvalue weighted by molar-refractivity contribution is -0.153. The fraction of sp³-hybridized carbons (Fsp3) is 0.464. The minimum Gasteiger partial charge on any atom is -0.341 e. The van der Waals surface area contributed by atoms with Gasteiger partial charge in [-0.2, -0.15) is 8.42 Å². The molecule has 210 valence electrons. The number of hydrogen-bond donors (Lipinski definition) is 1. The Bertz CT molecular complexity index is 1690. The van der Waals surface area contributed by atoms with Gasteiger partial charge in [-0.05, 0) is 79.3 Å². The molecule has 0 aromatic heterocycles. The number of Topliss-reactive ketones (excluding diaryl/α,β-unsaturated/α-hetero) is 1. The van der Waals surface area contributed by atoms with Crippen molar-refractivity contribution in [1.29, 1.82) is 0 Å². The summed E-state index contributed by atoms with van der Waals surface area (Å²) in [7, 11) is -7.68. The van der Waals surface area contributed by atoms with E-state index in [0.29, 0.717) is 18.4 Å². The molecular formula is C28H28FN3O6S2. The number of carbonyl (C=O) groups is 2. The SMILES string of the molecule is O=C1C(C2=NS(=O)(=O)c3cc(C4CCCS4(=O)=O)ccc3N2)C(=O)N(Cc2ccc(F)cc2)C2C1[C@H]1CC[C@@H]2C1. The minimum absolute atomic E-state index is 0.0619. The van der Waals surface area contributed by atoms with Crippen molar-refractivity contribution in [2.75, 3.05) is 11.1 Å². The average molecular weight is 586 g/mol. The first-order valence-electron chi connectivity index (χ1n) is 13.6. The van der Waals surface area contributed by atoms with Gasteiger partial charge in [-0.1, -0.05) is 18.2 Å². The zero-order valence-electron chi connectivity index (χ0n) is 21.5. The number of carbonyl (C=O) groups excluding carboxylic acids is 2. The van der Waals surface area contributed by atoms with E-state index in [4.69, 9.17) is 0 Å². The molecule has 40 heavy (non-hydrogen) atoms. The average Bonchev–Trinajstić information content (AvgIpc) is 3.62. The Balaban J connectivity index is 1.25. The Labute approximate surface area is 231 Å². The van der Waals surface area contributed by atoms with Crippen molar-refractivity contribution in [3.05, 3.63) is 59.4 Å². The van der Waals surface area contributed by atoms with Gasteiger partial charge in [0.05, 0.1) is 16.7 Å². The first kappa shape index (κ1) is 25.8. The quantitative estimate of drug-likeness (QED) is 0.546. The van der Waals surface area contributed by atoms with E-state index >= 15 is 0 Å². The van der Waals surface area contributed by atoms with Crippen LogP contribution in [0.3, 0.4) is 0 Å². The largest absolute Gasteiger partial charge is 0.341 e. The monoisotopic (exact) mass is 585 g/mol. The van der Waals surface area contributed by atoms with Gasteiger partial charge in [0.1, 0.15) is 16.5 Å². The van der Waals surface area contributed by atoms with Crippen LogP contribution < -0.4 is 5.32 Å². The molecule has 0 spiro atoms. The summed E-state index contributed by atoms with van der Waals surface area (Å²) in [5.41, 5.74) is 1.26. The summed E-state index contributed by atoms with van der Waals surface area (Å²) >= 11 is 0. The third kappa shape index (κ3) is 3.93. The van der Waals surface area contributed by atoms with Gasteiger partial charge in [0.2, 0.25) is 5.91 Å². The molecule has 2 aromatic rings. The van der Waals surface area contributed by atoms with Crippen molar-refractivity contribution < 1.29 is 30.8 Å². The molecule has 3 aliphatic heterocycles. The number of rotatable bonds is 4. The van der Waals surface area contributed by atoms with Crippen LogP contribution in [0.2, 0.25) is 0 Å². The van der Waals surface area contributed by atoms with Gasteiger partial charge in [-0.25, -0.2) is 12.8 Å². The van der Waals surface area contributed by atoms with E-state index in [1.165, 1.54) is 24.3 Å². The van der Waals surface area contributed by atoms with Crippen LogP contribution in [0.25, 0.3) is 0 Å². The van der Waals surface area contributed by atoms with Crippen LogP contribution in [0.5, 0.6) is 0 Å². The Kier molecular flexibility index (Phi) is 5.77. The molecule has 3 heterocycles. The number of piperidine rings is 1. The van der Waals surface area contributed by atoms with E-state index in [2.05, 4.69) is 9.71 Å². The molecule has 7 rings (SSSR count). The maximum Gasteiger partial charge on any atom is 0.286 e. The molecule has 9 nitrogen and oxygen atoms in total. The van der Waals surface area contributed by atoms with Crippen molar-refractivity contribution >= 4 is 43.1 Å². The number of amidine groups is 1. The molecule has 2 aromatic carbocycles. The summed E-state index contributed by atoms with van der Waals surface area (Å²) in [6.45, 7) is 0.184. The van der Waals surface area contributed by atoms with Gasteiger partial charge >= 0.3 is 0 Å². The Morgan fingerprint density at radius 1 is 0.975 bits per heavy atom. The van der Waals surface area contributed by atoms with Gasteiger partial charge in [0, 0.05) is 18.5 Å². The smallest absolute Gasteiger partial charge is 0.286 e. The minimum atomic E-state index is -4.32. The lowest BCUT2D eigenvalue weighted by Gasteiger charge is -2.45. The summed E-state index contributed by atoms with van der Waals surface area (Å²) in [5.74, 6) is -2.88. The van der Waals surface area contributed by atoms with Crippen molar-refractivity contribution in [2.24, 2.45) is 28.1 Å². The highest BCUT2D eigenvalue weighted by Gasteiger charge is 2.60. The second-order valence-electron chi connectivity index (χ2n) is 11.6. The topological polar surface area (TPSA) is 130 Å². The Hall–Kier alpha value is -3.12. The zero-order chi connectivity index (χ0) is 28.0. The Morgan fingerprint density at radius 2 is 1.73 bits per heavy atom. The first-order chi connectivity index (χ1) is 19.0. The van der Waals surface area contributed by atoms with Crippen LogP contribution >= 0.6 is 0 Å². The number of sulfone groups is 1. The van der Waals surface area contributed by atoms with Gasteiger partial charge in [0.15, 0.2) is 21.5 Å². The van der Waals surface area contributed by atoms with Gasteiger partial charge < -0.3 is 10.2 Å². The number of ketones is 1. The molecular weight excluding hydrogens is 557 g/mol. The van der Waals surface area contributed by atoms with Gasteiger partial charge in [0.25, 0.3) is 10.0 Å². The number of likely N-dealkylation sites (tertiary alicyclic amines) is 1. The van der Waals surface area contributed by atoms with E-state index < -0.39 is 48.7 Å². The fourth-order valence-corrected chi connectivity index (χ4v) is 10.8. The van der Waals surface area contributed by atoms with Crippen molar-refractivity contribution in [3.63, 3.8) is 0 Å². The summed E-state index contributed by atoms with van der Waals surface area (Å²) in [6.07, 6.45) is 3.59. The summed E-state index contributed by atoms with van der Waals surface area (Å²) in [5, 5.41) is 2.17. The molecule has 12 heteroatoms. The van der Waals surface area contributed by atoms with Crippen molar-refractivity contribution in [1.82, 2.24) is 4.90 Å². The number of hydrogen-bond acceptors (Lipinski definition) is 7. The van der Waals surface area contributed by atoms with E-state index in [1.807, 2.05) is 0 Å². The summed E-state index contributed by atoms with van der Waals surface area (Å²) < 4.78 is 69.1. The predicted octanol–water partition coefficient (Wildman–Crippen LogP) is 3.23. The molecule has 0 radical (unpaired) electrons. The predicted molar refractivity (Wildman–Crippen MR) is 144 cm³/mol. The summed E-state index contributed by atoms with van der Waals surface area (Å²) in [4.78, 5) is 29.4. The number of nitrogens with zero attached hydrogens (tertiary/aromatic N) is 2. The second kappa shape index (κ2) is 8.94. The molecule has 4 fully saturated rings. The molecule has 1 amide bonds. The van der Waals surface area contributed by atoms with Crippen LogP contribution in [0, 0.1) is 29.5 Å². The van der Waals surface area contributed by atoms with Gasteiger partial charge in [-0.15, -0.1) is 4.40 Å². The first-order valence-corrected chi connectivity index (χ1v) is 16.7. The van der Waals surface area contributed by atoms with Crippen LogP contribution in [0.4, 0.5) is 10.1 Å². The maximum atomic E-state index is 14.0. The Morgan fingerprint density at radius 3 is 2.45 bits per heavy atom. The number of sulfonamides is 1. The summed E-state index contributed by atoms with van der Waals surface area (Å²) in [6, 6.07) is 9.99. The molecule has 6 atom stereocenters. The van der Waals surface area contributed by atoms with E-state index in [-0.39, 0.29) is 52.4 Å². The standard InChI is InChI=1S/C28H28FN3O6S2/c29-19-8-3-15(4-9-19)14-32-25-18-6-5-17(12-18)23(25)26(33)24(28(32)34)27-30-20-10-7-16(13-22(20)40(37,38)31-27)21-2-1-11-39(21,35)36/h3-4,7-10,13,17-18,21,23-25H,1-2,5-6,11-12,14H2,(H,30,31)/t17-,18+,21?,23?,24?,25?/m0/s1. The highest BCUT2D eigenvalue weighted by atomic mass is 32.2. The normalized spacial score (nSPS) is 33.3. The molecule has 4 unspecified atom stereocenters.